The van der Waals surface area contributed by atoms with Crippen molar-refractivity contribution in [1.82, 2.24) is 0 Å². The molecule has 0 amide bonds. The second-order valence-electron chi connectivity index (χ2n) is 3.62. The van der Waals surface area contributed by atoms with Crippen LogP contribution in [0.5, 0.6) is 0 Å². The Morgan fingerprint density at radius 3 is 2.53 bits per heavy atom. The number of ether oxygens (including phenoxy) is 3. The largest absolute Gasteiger partial charge is 0.399 e. The first-order chi connectivity index (χ1) is 8.15. The van der Waals surface area contributed by atoms with Crippen LogP contribution in [0.4, 0.5) is 5.69 Å². The molecule has 0 bridgehead atoms. The summed E-state index contributed by atoms with van der Waals surface area (Å²) in [6.07, 6.45) is 0.435. The Balaban J connectivity index is 2.31. The Bertz CT molecular complexity index is 322. The third-order valence-corrected chi connectivity index (χ3v) is 2.51. The molecular weight excluding hydrogens is 242 g/mol. The van der Waals surface area contributed by atoms with E-state index in [9.17, 15) is 0 Å². The Morgan fingerprint density at radius 1 is 1.24 bits per heavy atom. The number of nitrogens with two attached hydrogens (primary N) is 1. The van der Waals surface area contributed by atoms with Crippen molar-refractivity contribution in [2.24, 2.45) is 0 Å². The minimum atomic E-state index is -0.320. The molecule has 96 valence electrons. The van der Waals surface area contributed by atoms with E-state index in [0.29, 0.717) is 23.9 Å². The number of hydrogen-bond acceptors (Lipinski definition) is 4. The smallest absolute Gasteiger partial charge is 0.180 e. The maximum atomic E-state index is 5.90. The highest BCUT2D eigenvalue weighted by molar-refractivity contribution is 6.30. The summed E-state index contributed by atoms with van der Waals surface area (Å²) in [5, 5.41) is 0.645. The van der Waals surface area contributed by atoms with Gasteiger partial charge >= 0.3 is 0 Å². The molecular formula is C12H18ClNO3. The van der Waals surface area contributed by atoms with Crippen molar-refractivity contribution in [1.29, 1.82) is 0 Å². The van der Waals surface area contributed by atoms with Crippen LogP contribution < -0.4 is 5.73 Å². The maximum absolute atomic E-state index is 5.90. The average Bonchev–Trinajstić information content (AvgIpc) is 2.28. The molecule has 0 aliphatic carbocycles. The van der Waals surface area contributed by atoms with Gasteiger partial charge in [-0.05, 0) is 30.2 Å². The topological polar surface area (TPSA) is 53.7 Å². The lowest BCUT2D eigenvalue weighted by atomic mass is 10.1. The molecule has 0 saturated carbocycles. The second-order valence-corrected chi connectivity index (χ2v) is 4.06. The third kappa shape index (κ3) is 5.37. The van der Waals surface area contributed by atoms with E-state index in [0.717, 1.165) is 12.0 Å². The van der Waals surface area contributed by atoms with Crippen molar-refractivity contribution >= 4 is 17.3 Å². The van der Waals surface area contributed by atoms with Gasteiger partial charge < -0.3 is 19.9 Å². The summed E-state index contributed by atoms with van der Waals surface area (Å²) in [4.78, 5) is 0. The van der Waals surface area contributed by atoms with E-state index in [1.165, 1.54) is 0 Å². The van der Waals surface area contributed by atoms with E-state index in [1.54, 1.807) is 20.3 Å². The summed E-state index contributed by atoms with van der Waals surface area (Å²) < 4.78 is 15.4. The molecule has 0 aliphatic rings. The minimum Gasteiger partial charge on any atom is -0.399 e. The molecule has 0 fully saturated rings. The number of halogens is 1. The van der Waals surface area contributed by atoms with Gasteiger partial charge in [0.05, 0.1) is 13.2 Å². The zero-order valence-electron chi connectivity index (χ0n) is 10.1. The number of methoxy groups -OCH3 is 2. The Hall–Kier alpha value is -0.810. The summed E-state index contributed by atoms with van der Waals surface area (Å²) in [5.41, 5.74) is 7.41. The molecule has 0 saturated heterocycles. The monoisotopic (exact) mass is 259 g/mol. The van der Waals surface area contributed by atoms with E-state index < -0.39 is 0 Å². The van der Waals surface area contributed by atoms with Gasteiger partial charge in [-0.15, -0.1) is 0 Å². The van der Waals surface area contributed by atoms with Gasteiger partial charge in [-0.2, -0.15) is 0 Å². The van der Waals surface area contributed by atoms with Gasteiger partial charge in [-0.1, -0.05) is 11.6 Å². The van der Waals surface area contributed by atoms with Crippen LogP contribution in [0.1, 0.15) is 5.56 Å². The molecule has 0 spiro atoms. The van der Waals surface area contributed by atoms with Crippen molar-refractivity contribution < 1.29 is 14.2 Å². The summed E-state index contributed by atoms with van der Waals surface area (Å²) >= 11 is 5.90. The summed E-state index contributed by atoms with van der Waals surface area (Å²) in [6, 6.07) is 5.49. The van der Waals surface area contributed by atoms with Gasteiger partial charge in [-0.3, -0.25) is 0 Å². The van der Waals surface area contributed by atoms with Gasteiger partial charge in [0.1, 0.15) is 0 Å². The first kappa shape index (κ1) is 14.3. The molecule has 0 unspecified atom stereocenters. The number of anilines is 1. The van der Waals surface area contributed by atoms with Crippen LogP contribution in [0.15, 0.2) is 18.2 Å². The summed E-state index contributed by atoms with van der Waals surface area (Å²) in [7, 11) is 3.16. The van der Waals surface area contributed by atoms with Crippen molar-refractivity contribution in [2.75, 3.05) is 33.2 Å². The van der Waals surface area contributed by atoms with Crippen molar-refractivity contribution in [3.63, 3.8) is 0 Å². The predicted molar refractivity (Wildman–Crippen MR) is 68.2 cm³/mol. The van der Waals surface area contributed by atoms with Crippen molar-refractivity contribution in [3.8, 4) is 0 Å². The summed E-state index contributed by atoms with van der Waals surface area (Å²) in [5.74, 6) is 0. The normalized spacial score (nSPS) is 11.1. The average molecular weight is 260 g/mol. The van der Waals surface area contributed by atoms with Gasteiger partial charge in [0.25, 0.3) is 0 Å². The van der Waals surface area contributed by atoms with E-state index in [2.05, 4.69) is 0 Å². The van der Waals surface area contributed by atoms with Gasteiger partial charge in [-0.25, -0.2) is 0 Å². The number of hydrogen-bond donors (Lipinski definition) is 1. The number of nitrogen functional groups attached to an aromatic ring is 1. The molecule has 0 aromatic heterocycles. The number of benzene rings is 1. The van der Waals surface area contributed by atoms with Crippen LogP contribution in [0.2, 0.25) is 5.02 Å². The minimum absolute atomic E-state index is 0.320. The quantitative estimate of drug-likeness (QED) is 0.463. The molecule has 2 N–H and O–H groups in total. The van der Waals surface area contributed by atoms with Crippen LogP contribution >= 0.6 is 11.6 Å². The van der Waals surface area contributed by atoms with Crippen molar-refractivity contribution in [3.05, 3.63) is 28.8 Å². The van der Waals surface area contributed by atoms with E-state index in [1.807, 2.05) is 12.1 Å². The Labute approximate surface area is 107 Å². The van der Waals surface area contributed by atoms with E-state index in [4.69, 9.17) is 31.5 Å². The fraction of sp³-hybridized carbons (Fsp3) is 0.500. The lowest BCUT2D eigenvalue weighted by molar-refractivity contribution is -0.139. The SMILES string of the molecule is COC(COCCc1cc(N)cc(Cl)c1)OC. The van der Waals surface area contributed by atoms with Crippen LogP contribution in [0.25, 0.3) is 0 Å². The molecule has 4 nitrogen and oxygen atoms in total. The first-order valence-corrected chi connectivity index (χ1v) is 5.71. The zero-order chi connectivity index (χ0) is 12.7. The zero-order valence-corrected chi connectivity index (χ0v) is 10.9. The molecule has 17 heavy (non-hydrogen) atoms. The van der Waals surface area contributed by atoms with E-state index >= 15 is 0 Å². The fourth-order valence-electron chi connectivity index (χ4n) is 1.42. The molecule has 1 aromatic rings. The molecule has 0 aliphatic heterocycles. The molecule has 1 aromatic carbocycles. The molecule has 0 atom stereocenters. The van der Waals surface area contributed by atoms with Crippen molar-refractivity contribution in [2.45, 2.75) is 12.7 Å². The predicted octanol–water partition coefficient (Wildman–Crippen LogP) is 2.10. The molecule has 0 radical (unpaired) electrons. The van der Waals surface area contributed by atoms with Crippen LogP contribution in [-0.4, -0.2) is 33.7 Å². The maximum Gasteiger partial charge on any atom is 0.180 e. The lowest BCUT2D eigenvalue weighted by Gasteiger charge is -2.13. The third-order valence-electron chi connectivity index (χ3n) is 2.29. The van der Waals surface area contributed by atoms with E-state index in [-0.39, 0.29) is 6.29 Å². The Morgan fingerprint density at radius 2 is 1.94 bits per heavy atom. The van der Waals surface area contributed by atoms with Crippen LogP contribution in [0.3, 0.4) is 0 Å². The second kappa shape index (κ2) is 7.50. The lowest BCUT2D eigenvalue weighted by Crippen LogP contribution is -2.20. The van der Waals surface area contributed by atoms with Gasteiger partial charge in [0, 0.05) is 24.9 Å². The standard InChI is InChI=1S/C12H18ClNO3/c1-15-12(16-2)8-17-4-3-9-5-10(13)7-11(14)6-9/h5-7,12H,3-4,8,14H2,1-2H3. The van der Waals surface area contributed by atoms with Gasteiger partial charge in [0.15, 0.2) is 6.29 Å². The van der Waals surface area contributed by atoms with Crippen LogP contribution in [-0.2, 0) is 20.6 Å². The molecule has 1 rings (SSSR count). The highest BCUT2D eigenvalue weighted by Gasteiger charge is 2.04. The highest BCUT2D eigenvalue weighted by Crippen LogP contribution is 2.16. The summed E-state index contributed by atoms with van der Waals surface area (Å²) in [6.45, 7) is 0.978. The fourth-order valence-corrected chi connectivity index (χ4v) is 1.69. The number of rotatable bonds is 7. The highest BCUT2D eigenvalue weighted by atomic mass is 35.5. The first-order valence-electron chi connectivity index (χ1n) is 5.34. The Kier molecular flexibility index (Phi) is 6.29. The van der Waals surface area contributed by atoms with Crippen LogP contribution in [0, 0.1) is 0 Å². The van der Waals surface area contributed by atoms with Gasteiger partial charge in [0.2, 0.25) is 0 Å². The molecule has 5 heteroatoms. The molecule has 0 heterocycles.